The van der Waals surface area contributed by atoms with Crippen LogP contribution in [0, 0.1) is 0 Å². The molecule has 1 amide bonds. The van der Waals surface area contributed by atoms with Crippen molar-refractivity contribution in [2.75, 3.05) is 40.0 Å². The zero-order valence-electron chi connectivity index (χ0n) is 12.4. The van der Waals surface area contributed by atoms with Gasteiger partial charge in [0, 0.05) is 13.2 Å². The molecular weight excluding hydrogens is 248 g/mol. The summed E-state index contributed by atoms with van der Waals surface area (Å²) < 4.78 is 9.84. The first-order valence-electron chi connectivity index (χ1n) is 6.69. The van der Waals surface area contributed by atoms with Gasteiger partial charge in [-0.25, -0.2) is 0 Å². The van der Waals surface area contributed by atoms with Crippen LogP contribution in [-0.2, 0) is 19.1 Å². The van der Waals surface area contributed by atoms with Gasteiger partial charge in [-0.15, -0.1) is 0 Å². The molecule has 0 aliphatic carbocycles. The molecule has 0 aromatic rings. The van der Waals surface area contributed by atoms with Crippen LogP contribution >= 0.6 is 0 Å². The highest BCUT2D eigenvalue weighted by atomic mass is 16.5. The molecule has 0 heterocycles. The first-order chi connectivity index (χ1) is 9.03. The second-order valence-electron chi connectivity index (χ2n) is 4.44. The highest BCUT2D eigenvalue weighted by Crippen LogP contribution is 1.94. The predicted octanol–water partition coefficient (Wildman–Crippen LogP) is 0.413. The molecule has 6 nitrogen and oxygen atoms in total. The van der Waals surface area contributed by atoms with E-state index in [4.69, 9.17) is 9.47 Å². The molecule has 19 heavy (non-hydrogen) atoms. The number of amides is 1. The van der Waals surface area contributed by atoms with Crippen LogP contribution in [0.1, 0.15) is 27.2 Å². The maximum absolute atomic E-state index is 11.8. The lowest BCUT2D eigenvalue weighted by Crippen LogP contribution is -2.44. The zero-order chi connectivity index (χ0) is 14.7. The fourth-order valence-electron chi connectivity index (χ4n) is 1.73. The molecule has 6 heteroatoms. The molecule has 0 saturated heterocycles. The number of methoxy groups -OCH3 is 1. The minimum atomic E-state index is -0.298. The summed E-state index contributed by atoms with van der Waals surface area (Å²) in [4.78, 5) is 25.0. The summed E-state index contributed by atoms with van der Waals surface area (Å²) >= 11 is 0. The molecular formula is C13H26N2O4. The average molecular weight is 274 g/mol. The first-order valence-corrected chi connectivity index (χ1v) is 6.69. The maximum atomic E-state index is 11.8. The van der Waals surface area contributed by atoms with Gasteiger partial charge in [-0.1, -0.05) is 6.92 Å². The van der Waals surface area contributed by atoms with Crippen molar-refractivity contribution in [3.63, 3.8) is 0 Å². The minimum absolute atomic E-state index is 0.0384. The second kappa shape index (κ2) is 10.8. The third-order valence-electron chi connectivity index (χ3n) is 2.39. The SMILES string of the molecule is CCCN(CC(=O)NC(C)COC)CC(=O)OCC. The van der Waals surface area contributed by atoms with E-state index in [2.05, 4.69) is 5.32 Å². The van der Waals surface area contributed by atoms with Gasteiger partial charge in [0.2, 0.25) is 5.91 Å². The topological polar surface area (TPSA) is 67.9 Å². The van der Waals surface area contributed by atoms with Crippen molar-refractivity contribution in [2.24, 2.45) is 0 Å². The standard InChI is InChI=1S/C13H26N2O4/c1-5-7-15(9-13(17)19-6-2)8-12(16)14-11(3)10-18-4/h11H,5-10H2,1-4H3,(H,14,16). The second-order valence-corrected chi connectivity index (χ2v) is 4.44. The summed E-state index contributed by atoms with van der Waals surface area (Å²) in [6.45, 7) is 7.49. The van der Waals surface area contributed by atoms with Gasteiger partial charge in [0.1, 0.15) is 0 Å². The fraction of sp³-hybridized carbons (Fsp3) is 0.846. The lowest BCUT2D eigenvalue weighted by atomic mass is 10.3. The Labute approximate surface area is 115 Å². The molecule has 0 aliphatic rings. The highest BCUT2D eigenvalue weighted by Gasteiger charge is 2.15. The highest BCUT2D eigenvalue weighted by molar-refractivity contribution is 5.79. The van der Waals surface area contributed by atoms with Crippen LogP contribution in [0.3, 0.4) is 0 Å². The van der Waals surface area contributed by atoms with Gasteiger partial charge in [0.25, 0.3) is 0 Å². The first kappa shape index (κ1) is 17.9. The zero-order valence-corrected chi connectivity index (χ0v) is 12.4. The molecule has 1 atom stereocenters. The van der Waals surface area contributed by atoms with Crippen molar-refractivity contribution >= 4 is 11.9 Å². The Bertz CT molecular complexity index is 271. The number of hydrogen-bond donors (Lipinski definition) is 1. The van der Waals surface area contributed by atoms with E-state index in [0.29, 0.717) is 19.8 Å². The van der Waals surface area contributed by atoms with E-state index in [0.717, 1.165) is 6.42 Å². The molecule has 0 rings (SSSR count). The number of carbonyl (C=O) groups is 2. The quantitative estimate of drug-likeness (QED) is 0.585. The van der Waals surface area contributed by atoms with Crippen molar-refractivity contribution in [1.82, 2.24) is 10.2 Å². The van der Waals surface area contributed by atoms with E-state index in [1.807, 2.05) is 13.8 Å². The van der Waals surface area contributed by atoms with Gasteiger partial charge < -0.3 is 14.8 Å². The smallest absolute Gasteiger partial charge is 0.320 e. The summed E-state index contributed by atoms with van der Waals surface area (Å²) in [5.74, 6) is -0.406. The van der Waals surface area contributed by atoms with Crippen molar-refractivity contribution in [2.45, 2.75) is 33.2 Å². The van der Waals surface area contributed by atoms with Crippen molar-refractivity contribution in [1.29, 1.82) is 0 Å². The number of nitrogens with zero attached hydrogens (tertiary/aromatic N) is 1. The Morgan fingerprint density at radius 3 is 2.47 bits per heavy atom. The lowest BCUT2D eigenvalue weighted by molar-refractivity contribution is -0.144. The van der Waals surface area contributed by atoms with E-state index < -0.39 is 0 Å². The van der Waals surface area contributed by atoms with Gasteiger partial charge in [-0.3, -0.25) is 14.5 Å². The number of carbonyl (C=O) groups excluding carboxylic acids is 2. The number of rotatable bonds is 10. The van der Waals surface area contributed by atoms with Gasteiger partial charge in [0.15, 0.2) is 0 Å². The van der Waals surface area contributed by atoms with Crippen LogP contribution in [0.5, 0.6) is 0 Å². The number of hydrogen-bond acceptors (Lipinski definition) is 5. The molecule has 112 valence electrons. The largest absolute Gasteiger partial charge is 0.465 e. The van der Waals surface area contributed by atoms with Gasteiger partial charge >= 0.3 is 5.97 Å². The molecule has 0 aliphatic heterocycles. The van der Waals surface area contributed by atoms with Crippen molar-refractivity contribution in [3.8, 4) is 0 Å². The molecule has 1 unspecified atom stereocenters. The average Bonchev–Trinajstić information content (AvgIpc) is 2.29. The molecule has 0 saturated carbocycles. The molecule has 0 aromatic heterocycles. The summed E-state index contributed by atoms with van der Waals surface area (Å²) in [6.07, 6.45) is 0.875. The Morgan fingerprint density at radius 2 is 1.95 bits per heavy atom. The molecule has 0 aromatic carbocycles. The third kappa shape index (κ3) is 9.44. The maximum Gasteiger partial charge on any atom is 0.320 e. The van der Waals surface area contributed by atoms with Crippen LogP contribution in [0.4, 0.5) is 0 Å². The summed E-state index contributed by atoms with van der Waals surface area (Å²) in [7, 11) is 1.59. The van der Waals surface area contributed by atoms with Gasteiger partial charge in [0.05, 0.1) is 26.3 Å². The van der Waals surface area contributed by atoms with E-state index in [-0.39, 0.29) is 31.0 Å². The third-order valence-corrected chi connectivity index (χ3v) is 2.39. The van der Waals surface area contributed by atoms with Crippen molar-refractivity contribution < 1.29 is 19.1 Å². The predicted molar refractivity (Wildman–Crippen MR) is 72.8 cm³/mol. The lowest BCUT2D eigenvalue weighted by Gasteiger charge is -2.21. The summed E-state index contributed by atoms with van der Waals surface area (Å²) in [5.41, 5.74) is 0. The Kier molecular flexibility index (Phi) is 10.1. The number of nitrogens with one attached hydrogen (secondary N) is 1. The summed E-state index contributed by atoms with van der Waals surface area (Å²) in [5, 5.41) is 2.82. The van der Waals surface area contributed by atoms with Crippen LogP contribution in [0.15, 0.2) is 0 Å². The normalized spacial score (nSPS) is 12.3. The molecule has 1 N–H and O–H groups in total. The fourth-order valence-corrected chi connectivity index (χ4v) is 1.73. The van der Waals surface area contributed by atoms with Crippen molar-refractivity contribution in [3.05, 3.63) is 0 Å². The Morgan fingerprint density at radius 1 is 1.26 bits per heavy atom. The van der Waals surface area contributed by atoms with Gasteiger partial charge in [-0.2, -0.15) is 0 Å². The van der Waals surface area contributed by atoms with Crippen LogP contribution in [0.25, 0.3) is 0 Å². The van der Waals surface area contributed by atoms with E-state index in [1.54, 1.807) is 18.9 Å². The summed E-state index contributed by atoms with van der Waals surface area (Å²) in [6, 6.07) is -0.0384. The minimum Gasteiger partial charge on any atom is -0.465 e. The Balaban J connectivity index is 4.17. The van der Waals surface area contributed by atoms with Gasteiger partial charge in [-0.05, 0) is 26.8 Å². The number of ether oxygens (including phenoxy) is 2. The molecule has 0 radical (unpaired) electrons. The van der Waals surface area contributed by atoms with Crippen LogP contribution < -0.4 is 5.32 Å². The van der Waals surface area contributed by atoms with E-state index >= 15 is 0 Å². The van der Waals surface area contributed by atoms with E-state index in [1.165, 1.54) is 0 Å². The molecule has 0 spiro atoms. The van der Waals surface area contributed by atoms with Crippen LogP contribution in [-0.4, -0.2) is 62.8 Å². The Hall–Kier alpha value is -1.14. The van der Waals surface area contributed by atoms with E-state index in [9.17, 15) is 9.59 Å². The monoisotopic (exact) mass is 274 g/mol. The van der Waals surface area contributed by atoms with Crippen LogP contribution in [0.2, 0.25) is 0 Å². The molecule has 0 bridgehead atoms. The number of esters is 1. The molecule has 0 fully saturated rings.